The summed E-state index contributed by atoms with van der Waals surface area (Å²) in [5, 5.41) is 8.61. The Morgan fingerprint density at radius 3 is 2.28 bits per heavy atom. The van der Waals surface area contributed by atoms with Crippen molar-refractivity contribution in [3.8, 4) is 0 Å². The van der Waals surface area contributed by atoms with Gasteiger partial charge in [0.25, 0.3) is 11.9 Å². The van der Waals surface area contributed by atoms with Gasteiger partial charge in [-0.05, 0) is 55.5 Å². The summed E-state index contributed by atoms with van der Waals surface area (Å²) in [6.07, 6.45) is 0. The average molecular weight is 399 g/mol. The average Bonchev–Trinajstić information content (AvgIpc) is 2.76. The van der Waals surface area contributed by atoms with Gasteiger partial charge in [-0.1, -0.05) is 48.0 Å². The van der Waals surface area contributed by atoms with Gasteiger partial charge < -0.3 is 0 Å². The summed E-state index contributed by atoms with van der Waals surface area (Å²) >= 11 is 5.57. The molecule has 142 valence electrons. The van der Waals surface area contributed by atoms with Gasteiger partial charge in [-0.25, -0.2) is 20.3 Å². The molecule has 1 amide bonds. The van der Waals surface area contributed by atoms with Crippen molar-refractivity contribution < 1.29 is 4.79 Å². The number of thiocarbonyl (C=S) groups is 1. The normalized spacial score (nSPS) is 15.5. The van der Waals surface area contributed by atoms with Gasteiger partial charge in [0.15, 0.2) is 0 Å². The van der Waals surface area contributed by atoms with Crippen LogP contribution in [0.3, 0.4) is 0 Å². The number of hydrogen-bond acceptors (Lipinski definition) is 4. The Kier molecular flexibility index (Phi) is 4.03. The van der Waals surface area contributed by atoms with E-state index in [9.17, 15) is 4.79 Å². The maximum absolute atomic E-state index is 13.4. The van der Waals surface area contributed by atoms with Crippen LogP contribution in [-0.2, 0) is 0 Å². The molecule has 0 saturated heterocycles. The third-order valence-corrected chi connectivity index (χ3v) is 5.16. The number of carbonyl (C=O) groups is 1. The summed E-state index contributed by atoms with van der Waals surface area (Å²) in [4.78, 5) is 15.0. The van der Waals surface area contributed by atoms with E-state index in [0.29, 0.717) is 16.6 Å². The SMILES string of the molecule is Cc1ccc(N2C(=O)c3ccccc3N3C2=NNC(=S)N3c2ccccc2)cc1. The molecule has 0 bridgehead atoms. The second kappa shape index (κ2) is 6.72. The molecular formula is C22H17N5OS. The van der Waals surface area contributed by atoms with Gasteiger partial charge in [0.2, 0.25) is 5.11 Å². The molecule has 6 nitrogen and oxygen atoms in total. The van der Waals surface area contributed by atoms with Crippen molar-refractivity contribution in [2.24, 2.45) is 5.10 Å². The lowest BCUT2D eigenvalue weighted by Crippen LogP contribution is -2.65. The highest BCUT2D eigenvalue weighted by Crippen LogP contribution is 2.35. The Balaban J connectivity index is 1.73. The first-order chi connectivity index (χ1) is 14.1. The van der Waals surface area contributed by atoms with Crippen molar-refractivity contribution >= 4 is 46.3 Å². The molecule has 29 heavy (non-hydrogen) atoms. The molecule has 0 saturated carbocycles. The quantitative estimate of drug-likeness (QED) is 0.659. The zero-order valence-corrected chi connectivity index (χ0v) is 16.4. The topological polar surface area (TPSA) is 51.2 Å². The molecule has 5 rings (SSSR count). The fraction of sp³-hybridized carbons (Fsp3) is 0.0455. The third kappa shape index (κ3) is 2.75. The minimum absolute atomic E-state index is 0.137. The van der Waals surface area contributed by atoms with Crippen LogP contribution in [0, 0.1) is 6.92 Å². The lowest BCUT2D eigenvalue weighted by atomic mass is 10.1. The minimum atomic E-state index is -0.137. The maximum atomic E-state index is 13.4. The number of carbonyl (C=O) groups excluding carboxylic acids is 1. The van der Waals surface area contributed by atoms with Crippen molar-refractivity contribution in [1.82, 2.24) is 5.43 Å². The first kappa shape index (κ1) is 17.4. The number of fused-ring (bicyclic) bond motifs is 3. The number of guanidine groups is 1. The highest BCUT2D eigenvalue weighted by Gasteiger charge is 2.42. The van der Waals surface area contributed by atoms with Gasteiger partial charge in [0, 0.05) is 0 Å². The minimum Gasteiger partial charge on any atom is -0.268 e. The van der Waals surface area contributed by atoms with Crippen LogP contribution in [0.5, 0.6) is 0 Å². The number of anilines is 3. The number of benzene rings is 3. The molecule has 0 fully saturated rings. The number of aryl methyl sites for hydroxylation is 1. The molecule has 0 unspecified atom stereocenters. The van der Waals surface area contributed by atoms with Crippen LogP contribution in [0.4, 0.5) is 17.1 Å². The van der Waals surface area contributed by atoms with E-state index in [-0.39, 0.29) is 5.91 Å². The molecule has 2 heterocycles. The number of hydrazine groups is 1. The molecule has 0 aliphatic carbocycles. The lowest BCUT2D eigenvalue weighted by molar-refractivity contribution is 0.1000. The summed E-state index contributed by atoms with van der Waals surface area (Å²) in [5.41, 5.74) is 6.93. The Hall–Kier alpha value is -3.71. The van der Waals surface area contributed by atoms with Crippen molar-refractivity contribution in [3.05, 3.63) is 90.0 Å². The monoisotopic (exact) mass is 399 g/mol. The maximum Gasteiger partial charge on any atom is 0.267 e. The van der Waals surface area contributed by atoms with E-state index in [1.165, 1.54) is 0 Å². The van der Waals surface area contributed by atoms with E-state index in [4.69, 9.17) is 12.2 Å². The number of hydrogen-bond donors (Lipinski definition) is 1. The number of rotatable bonds is 2. The number of nitrogens with one attached hydrogen (secondary N) is 1. The Bertz CT molecular complexity index is 1140. The number of hydrazone groups is 1. The zero-order valence-electron chi connectivity index (χ0n) is 15.6. The van der Waals surface area contributed by atoms with Crippen LogP contribution < -0.4 is 20.3 Å². The van der Waals surface area contributed by atoms with Crippen molar-refractivity contribution in [2.45, 2.75) is 6.92 Å². The smallest absolute Gasteiger partial charge is 0.267 e. The van der Waals surface area contributed by atoms with E-state index in [0.717, 1.165) is 22.6 Å². The molecule has 3 aromatic rings. The molecule has 0 spiro atoms. The van der Waals surface area contributed by atoms with Crippen LogP contribution in [-0.4, -0.2) is 17.0 Å². The first-order valence-corrected chi connectivity index (χ1v) is 9.59. The Morgan fingerprint density at radius 2 is 1.52 bits per heavy atom. The Morgan fingerprint density at radius 1 is 0.828 bits per heavy atom. The van der Waals surface area contributed by atoms with Gasteiger partial charge in [-0.3, -0.25) is 4.79 Å². The van der Waals surface area contributed by atoms with Gasteiger partial charge in [-0.2, -0.15) is 0 Å². The van der Waals surface area contributed by atoms with Crippen molar-refractivity contribution in [2.75, 3.05) is 14.9 Å². The van der Waals surface area contributed by atoms with Gasteiger partial charge in [-0.15, -0.1) is 5.10 Å². The molecule has 3 aromatic carbocycles. The molecule has 0 aromatic heterocycles. The second-order valence-electron chi connectivity index (χ2n) is 6.78. The predicted octanol–water partition coefficient (Wildman–Crippen LogP) is 4.04. The summed E-state index contributed by atoms with van der Waals surface area (Å²) < 4.78 is 0. The fourth-order valence-corrected chi connectivity index (χ4v) is 3.74. The molecule has 0 radical (unpaired) electrons. The van der Waals surface area contributed by atoms with E-state index >= 15 is 0 Å². The standard InChI is InChI=1S/C22H17N5OS/c1-15-11-13-16(14-12-15)25-20(28)18-9-5-6-10-19(18)27-21(25)23-24-22(29)26(27)17-7-3-2-4-8-17/h2-14H,1H3,(H,24,29). The van der Waals surface area contributed by atoms with Crippen LogP contribution in [0.25, 0.3) is 0 Å². The Labute approximate surface area is 173 Å². The van der Waals surface area contributed by atoms with Gasteiger partial charge in [0.05, 0.1) is 22.6 Å². The summed E-state index contributed by atoms with van der Waals surface area (Å²) in [6.45, 7) is 2.01. The largest absolute Gasteiger partial charge is 0.268 e. The molecule has 2 aliphatic heterocycles. The second-order valence-corrected chi connectivity index (χ2v) is 7.17. The highest BCUT2D eigenvalue weighted by molar-refractivity contribution is 7.80. The molecule has 1 N–H and O–H groups in total. The van der Waals surface area contributed by atoms with Crippen molar-refractivity contribution in [3.63, 3.8) is 0 Å². The fourth-order valence-electron chi connectivity index (χ4n) is 3.51. The van der Waals surface area contributed by atoms with E-state index in [1.807, 2.05) is 95.8 Å². The van der Waals surface area contributed by atoms with Crippen LogP contribution in [0.1, 0.15) is 15.9 Å². The van der Waals surface area contributed by atoms with Gasteiger partial charge >= 0.3 is 0 Å². The molecular weight excluding hydrogens is 382 g/mol. The van der Waals surface area contributed by atoms with Crippen molar-refractivity contribution in [1.29, 1.82) is 0 Å². The molecule has 0 atom stereocenters. The summed E-state index contributed by atoms with van der Waals surface area (Å²) in [7, 11) is 0. The number of nitrogens with zero attached hydrogens (tertiary/aromatic N) is 4. The third-order valence-electron chi connectivity index (χ3n) is 4.89. The van der Waals surface area contributed by atoms with E-state index < -0.39 is 0 Å². The first-order valence-electron chi connectivity index (χ1n) is 9.18. The lowest BCUT2D eigenvalue weighted by Gasteiger charge is -2.46. The van der Waals surface area contributed by atoms with E-state index in [1.54, 1.807) is 4.90 Å². The summed E-state index contributed by atoms with van der Waals surface area (Å²) in [6, 6.07) is 25.0. The zero-order chi connectivity index (χ0) is 20.0. The summed E-state index contributed by atoms with van der Waals surface area (Å²) in [5.74, 6) is 0.303. The van der Waals surface area contributed by atoms with Crippen LogP contribution in [0.2, 0.25) is 0 Å². The number of para-hydroxylation sites is 2. The molecule has 7 heteroatoms. The highest BCUT2D eigenvalue weighted by atomic mass is 32.1. The van der Waals surface area contributed by atoms with Crippen LogP contribution >= 0.6 is 12.2 Å². The van der Waals surface area contributed by atoms with Crippen LogP contribution in [0.15, 0.2) is 84.0 Å². The van der Waals surface area contributed by atoms with E-state index in [2.05, 4.69) is 10.5 Å². The van der Waals surface area contributed by atoms with Gasteiger partial charge in [0.1, 0.15) is 0 Å². The molecule has 2 aliphatic rings. The number of amides is 1. The predicted molar refractivity (Wildman–Crippen MR) is 119 cm³/mol.